The van der Waals surface area contributed by atoms with Crippen molar-refractivity contribution in [1.82, 2.24) is 14.7 Å². The second-order valence-corrected chi connectivity index (χ2v) is 5.59. The van der Waals surface area contributed by atoms with E-state index in [4.69, 9.17) is 5.73 Å². The van der Waals surface area contributed by atoms with E-state index in [9.17, 15) is 0 Å². The van der Waals surface area contributed by atoms with Crippen molar-refractivity contribution in [3.63, 3.8) is 0 Å². The number of likely N-dealkylation sites (tertiary alicyclic amines) is 1. The van der Waals surface area contributed by atoms with E-state index in [1.165, 1.54) is 49.3 Å². The van der Waals surface area contributed by atoms with E-state index in [-0.39, 0.29) is 12.4 Å². The lowest BCUT2D eigenvalue weighted by Gasteiger charge is -2.32. The van der Waals surface area contributed by atoms with Crippen LogP contribution in [0, 0.1) is 19.8 Å². The molecule has 1 aliphatic rings. The number of hydrogen-bond acceptors (Lipinski definition) is 3. The van der Waals surface area contributed by atoms with Gasteiger partial charge in [-0.2, -0.15) is 5.10 Å². The fourth-order valence-corrected chi connectivity index (χ4v) is 3.04. The number of rotatable bonds is 4. The van der Waals surface area contributed by atoms with Gasteiger partial charge >= 0.3 is 0 Å². The van der Waals surface area contributed by atoms with Crippen LogP contribution in [-0.2, 0) is 13.6 Å². The molecule has 0 bridgehead atoms. The Bertz CT molecular complexity index is 400. The molecule has 0 saturated carbocycles. The molecule has 5 heteroatoms. The first kappa shape index (κ1) is 16.5. The van der Waals surface area contributed by atoms with E-state index < -0.39 is 0 Å². The number of halogens is 1. The quantitative estimate of drug-likeness (QED) is 0.921. The summed E-state index contributed by atoms with van der Waals surface area (Å²) in [6.45, 7) is 8.57. The summed E-state index contributed by atoms with van der Waals surface area (Å²) in [4.78, 5) is 2.57. The summed E-state index contributed by atoms with van der Waals surface area (Å²) in [5.41, 5.74) is 9.56. The number of aryl methyl sites for hydroxylation is 2. The fraction of sp³-hybridized carbons (Fsp3) is 0.786. The van der Waals surface area contributed by atoms with Gasteiger partial charge < -0.3 is 5.73 Å². The van der Waals surface area contributed by atoms with Crippen LogP contribution in [0.1, 0.15) is 36.2 Å². The SMILES string of the molecule is Cc1nn(C)c(C)c1CN1CCCC(CCN)C1.Cl. The molecule has 0 amide bonds. The lowest BCUT2D eigenvalue weighted by molar-refractivity contribution is 0.162. The molecule has 4 nitrogen and oxygen atoms in total. The van der Waals surface area contributed by atoms with Gasteiger partial charge in [-0.3, -0.25) is 9.58 Å². The molecule has 0 aromatic carbocycles. The molecule has 2 rings (SSSR count). The normalized spacial score (nSPS) is 20.3. The van der Waals surface area contributed by atoms with E-state index in [1.807, 2.05) is 11.7 Å². The first-order valence-electron chi connectivity index (χ1n) is 7.03. The standard InChI is InChI=1S/C14H26N4.ClH/c1-11-14(12(2)17(3)16-11)10-18-8-4-5-13(9-18)6-7-15;/h13H,4-10,15H2,1-3H3;1H. The minimum absolute atomic E-state index is 0. The molecule has 1 aliphatic heterocycles. The van der Waals surface area contributed by atoms with Crippen LogP contribution in [0.25, 0.3) is 0 Å². The predicted octanol–water partition coefficient (Wildman–Crippen LogP) is 2.02. The largest absolute Gasteiger partial charge is 0.330 e. The van der Waals surface area contributed by atoms with E-state index in [2.05, 4.69) is 23.8 Å². The van der Waals surface area contributed by atoms with Gasteiger partial charge in [0.25, 0.3) is 0 Å². The summed E-state index contributed by atoms with van der Waals surface area (Å²) >= 11 is 0. The summed E-state index contributed by atoms with van der Waals surface area (Å²) in [6.07, 6.45) is 3.82. The minimum atomic E-state index is 0. The fourth-order valence-electron chi connectivity index (χ4n) is 3.04. The summed E-state index contributed by atoms with van der Waals surface area (Å²) in [5, 5.41) is 4.50. The number of nitrogens with two attached hydrogens (primary N) is 1. The van der Waals surface area contributed by atoms with Crippen molar-refractivity contribution in [1.29, 1.82) is 0 Å². The van der Waals surface area contributed by atoms with Gasteiger partial charge in [-0.15, -0.1) is 12.4 Å². The van der Waals surface area contributed by atoms with Crippen LogP contribution in [0.3, 0.4) is 0 Å². The second kappa shape index (κ2) is 7.27. The van der Waals surface area contributed by atoms with Crippen LogP contribution >= 0.6 is 12.4 Å². The zero-order chi connectivity index (χ0) is 13.1. The highest BCUT2D eigenvalue weighted by Crippen LogP contribution is 2.22. The third-order valence-electron chi connectivity index (χ3n) is 4.22. The molecule has 0 aliphatic carbocycles. The topological polar surface area (TPSA) is 47.1 Å². The van der Waals surface area contributed by atoms with Crippen molar-refractivity contribution in [2.24, 2.45) is 18.7 Å². The first-order chi connectivity index (χ1) is 8.61. The monoisotopic (exact) mass is 286 g/mol. The minimum Gasteiger partial charge on any atom is -0.330 e. The third kappa shape index (κ3) is 3.94. The molecule has 1 aromatic rings. The Kier molecular flexibility index (Phi) is 6.30. The van der Waals surface area contributed by atoms with Gasteiger partial charge in [-0.25, -0.2) is 0 Å². The zero-order valence-corrected chi connectivity index (χ0v) is 13.2. The van der Waals surface area contributed by atoms with E-state index in [0.29, 0.717) is 0 Å². The Morgan fingerprint density at radius 2 is 2.11 bits per heavy atom. The maximum atomic E-state index is 5.68. The van der Waals surface area contributed by atoms with Crippen LogP contribution in [0.2, 0.25) is 0 Å². The molecule has 2 N–H and O–H groups in total. The molecule has 1 fully saturated rings. The van der Waals surface area contributed by atoms with Crippen LogP contribution in [0.15, 0.2) is 0 Å². The van der Waals surface area contributed by atoms with E-state index in [0.717, 1.165) is 19.0 Å². The van der Waals surface area contributed by atoms with Crippen molar-refractivity contribution >= 4 is 12.4 Å². The summed E-state index contributed by atoms with van der Waals surface area (Å²) in [6, 6.07) is 0. The van der Waals surface area contributed by atoms with Gasteiger partial charge in [0.2, 0.25) is 0 Å². The van der Waals surface area contributed by atoms with Crippen LogP contribution in [0.4, 0.5) is 0 Å². The highest BCUT2D eigenvalue weighted by molar-refractivity contribution is 5.85. The Morgan fingerprint density at radius 3 is 2.68 bits per heavy atom. The van der Waals surface area contributed by atoms with Gasteiger partial charge in [0, 0.05) is 31.4 Å². The second-order valence-electron chi connectivity index (χ2n) is 5.59. The maximum absolute atomic E-state index is 5.68. The van der Waals surface area contributed by atoms with Gasteiger partial charge in [-0.05, 0) is 52.1 Å². The van der Waals surface area contributed by atoms with Gasteiger partial charge in [0.1, 0.15) is 0 Å². The average Bonchev–Trinajstić information content (AvgIpc) is 2.57. The zero-order valence-electron chi connectivity index (χ0n) is 12.4. The van der Waals surface area contributed by atoms with Crippen LogP contribution in [0.5, 0.6) is 0 Å². The summed E-state index contributed by atoms with van der Waals surface area (Å²) in [7, 11) is 2.03. The molecule has 2 heterocycles. The predicted molar refractivity (Wildman–Crippen MR) is 81.6 cm³/mol. The molecule has 1 saturated heterocycles. The van der Waals surface area contributed by atoms with E-state index in [1.54, 1.807) is 0 Å². The van der Waals surface area contributed by atoms with Crippen molar-refractivity contribution in [2.45, 2.75) is 39.7 Å². The maximum Gasteiger partial charge on any atom is 0.0641 e. The Hall–Kier alpha value is -0.580. The Morgan fingerprint density at radius 1 is 1.37 bits per heavy atom. The van der Waals surface area contributed by atoms with Gasteiger partial charge in [0.05, 0.1) is 5.69 Å². The number of hydrogen-bond donors (Lipinski definition) is 1. The molecule has 0 radical (unpaired) electrons. The molecule has 1 atom stereocenters. The molecular weight excluding hydrogens is 260 g/mol. The van der Waals surface area contributed by atoms with Crippen molar-refractivity contribution in [3.8, 4) is 0 Å². The number of nitrogens with zero attached hydrogens (tertiary/aromatic N) is 3. The van der Waals surface area contributed by atoms with Crippen molar-refractivity contribution in [3.05, 3.63) is 17.0 Å². The summed E-state index contributed by atoms with van der Waals surface area (Å²) in [5.74, 6) is 0.793. The van der Waals surface area contributed by atoms with Gasteiger partial charge in [0.15, 0.2) is 0 Å². The molecule has 0 spiro atoms. The molecule has 19 heavy (non-hydrogen) atoms. The summed E-state index contributed by atoms with van der Waals surface area (Å²) < 4.78 is 1.99. The Labute approximate surface area is 122 Å². The number of piperidine rings is 1. The lowest BCUT2D eigenvalue weighted by Crippen LogP contribution is -2.35. The first-order valence-corrected chi connectivity index (χ1v) is 7.03. The van der Waals surface area contributed by atoms with Crippen LogP contribution in [-0.4, -0.2) is 34.3 Å². The highest BCUT2D eigenvalue weighted by Gasteiger charge is 2.21. The number of aromatic nitrogens is 2. The van der Waals surface area contributed by atoms with Crippen molar-refractivity contribution in [2.75, 3.05) is 19.6 Å². The lowest BCUT2D eigenvalue weighted by atomic mass is 9.94. The molecule has 110 valence electrons. The van der Waals surface area contributed by atoms with E-state index >= 15 is 0 Å². The highest BCUT2D eigenvalue weighted by atomic mass is 35.5. The Balaban J connectivity index is 0.00000180. The van der Waals surface area contributed by atoms with Crippen LogP contribution < -0.4 is 5.73 Å². The molecule has 1 aromatic heterocycles. The smallest absolute Gasteiger partial charge is 0.0641 e. The van der Waals surface area contributed by atoms with Gasteiger partial charge in [-0.1, -0.05) is 0 Å². The molecule has 1 unspecified atom stereocenters. The third-order valence-corrected chi connectivity index (χ3v) is 4.22. The average molecular weight is 287 g/mol. The molecular formula is C14H27ClN4. The van der Waals surface area contributed by atoms with Crippen molar-refractivity contribution < 1.29 is 0 Å².